The van der Waals surface area contributed by atoms with Crippen molar-refractivity contribution >= 4 is 6.41 Å². The topological polar surface area (TPSA) is 29.1 Å². The van der Waals surface area contributed by atoms with E-state index in [9.17, 15) is 4.79 Å². The van der Waals surface area contributed by atoms with Gasteiger partial charge in [0.05, 0.1) is 0 Å². The number of hydrogen-bond donors (Lipinski definition) is 1. The molecule has 16 heavy (non-hydrogen) atoms. The molecule has 2 heteroatoms. The Balaban J connectivity index is 2.24. The van der Waals surface area contributed by atoms with E-state index in [0.29, 0.717) is 6.04 Å². The normalized spacial score (nSPS) is 12.1. The predicted octanol–water partition coefficient (Wildman–Crippen LogP) is 2.92. The van der Waals surface area contributed by atoms with Crippen molar-refractivity contribution in [2.24, 2.45) is 0 Å². The monoisotopic (exact) mass is 219 g/mol. The summed E-state index contributed by atoms with van der Waals surface area (Å²) in [6.07, 6.45) is 6.33. The maximum atomic E-state index is 10.4. The predicted molar refractivity (Wildman–Crippen MR) is 67.3 cm³/mol. The molecule has 1 N–H and O–H groups in total. The van der Waals surface area contributed by atoms with E-state index in [-0.39, 0.29) is 0 Å². The Bertz CT molecular complexity index is 284. The summed E-state index contributed by atoms with van der Waals surface area (Å²) in [5.74, 6) is 0. The first-order valence-corrected chi connectivity index (χ1v) is 6.10. The van der Waals surface area contributed by atoms with Crippen LogP contribution in [-0.2, 0) is 11.2 Å². The van der Waals surface area contributed by atoms with Crippen molar-refractivity contribution in [3.8, 4) is 0 Å². The number of nitrogens with one attached hydrogen (secondary N) is 1. The van der Waals surface area contributed by atoms with Gasteiger partial charge in [0, 0.05) is 6.04 Å². The van der Waals surface area contributed by atoms with E-state index >= 15 is 0 Å². The maximum Gasteiger partial charge on any atom is 0.207 e. The summed E-state index contributed by atoms with van der Waals surface area (Å²) >= 11 is 0. The smallest absolute Gasteiger partial charge is 0.207 e. The zero-order chi connectivity index (χ0) is 11.6. The number of carbonyl (C=O) groups excluding carboxylic acids is 1. The molecule has 0 aliphatic heterocycles. The van der Waals surface area contributed by atoms with Crippen LogP contribution in [0, 0.1) is 0 Å². The van der Waals surface area contributed by atoms with Crippen LogP contribution >= 0.6 is 0 Å². The van der Waals surface area contributed by atoms with E-state index in [4.69, 9.17) is 0 Å². The van der Waals surface area contributed by atoms with Crippen LogP contribution in [0.4, 0.5) is 0 Å². The molecule has 0 aromatic heterocycles. The van der Waals surface area contributed by atoms with E-state index < -0.39 is 0 Å². The van der Waals surface area contributed by atoms with Gasteiger partial charge in [0.25, 0.3) is 0 Å². The Morgan fingerprint density at radius 3 is 2.62 bits per heavy atom. The molecule has 0 radical (unpaired) electrons. The molecule has 1 aromatic carbocycles. The third-order valence-corrected chi connectivity index (χ3v) is 2.80. The lowest BCUT2D eigenvalue weighted by Crippen LogP contribution is -2.27. The number of carbonyl (C=O) groups is 1. The molecule has 88 valence electrons. The molecule has 1 unspecified atom stereocenters. The Kier molecular flexibility index (Phi) is 6.31. The largest absolute Gasteiger partial charge is 0.356 e. The van der Waals surface area contributed by atoms with Crippen LogP contribution in [0.15, 0.2) is 30.3 Å². The summed E-state index contributed by atoms with van der Waals surface area (Å²) in [6, 6.07) is 10.8. The summed E-state index contributed by atoms with van der Waals surface area (Å²) in [6.45, 7) is 2.15. The molecule has 1 atom stereocenters. The van der Waals surface area contributed by atoms with Gasteiger partial charge in [0.15, 0.2) is 0 Å². The first kappa shape index (κ1) is 12.8. The molecule has 0 bridgehead atoms. The number of amides is 1. The lowest BCUT2D eigenvalue weighted by Gasteiger charge is -2.14. The van der Waals surface area contributed by atoms with Crippen LogP contribution in [-0.4, -0.2) is 12.5 Å². The van der Waals surface area contributed by atoms with E-state index in [1.165, 1.54) is 5.56 Å². The summed E-state index contributed by atoms with van der Waals surface area (Å²) in [5, 5.41) is 2.89. The summed E-state index contributed by atoms with van der Waals surface area (Å²) in [4.78, 5) is 10.4. The van der Waals surface area contributed by atoms with Gasteiger partial charge < -0.3 is 5.32 Å². The van der Waals surface area contributed by atoms with Gasteiger partial charge in [-0.15, -0.1) is 0 Å². The zero-order valence-corrected chi connectivity index (χ0v) is 9.99. The number of benzene rings is 1. The lowest BCUT2D eigenvalue weighted by atomic mass is 10.0. The number of hydrogen-bond acceptors (Lipinski definition) is 1. The third kappa shape index (κ3) is 4.96. The fraction of sp³-hybridized carbons (Fsp3) is 0.500. The minimum absolute atomic E-state index is 0.353. The van der Waals surface area contributed by atoms with Gasteiger partial charge in [0.2, 0.25) is 6.41 Å². The first-order chi connectivity index (χ1) is 7.86. The van der Waals surface area contributed by atoms with Crippen molar-refractivity contribution < 1.29 is 4.79 Å². The van der Waals surface area contributed by atoms with Gasteiger partial charge in [-0.2, -0.15) is 0 Å². The van der Waals surface area contributed by atoms with Crippen molar-refractivity contribution in [1.29, 1.82) is 0 Å². The lowest BCUT2D eigenvalue weighted by molar-refractivity contribution is -0.110. The van der Waals surface area contributed by atoms with Crippen LogP contribution in [0.3, 0.4) is 0 Å². The second-order valence-corrected chi connectivity index (χ2v) is 4.15. The van der Waals surface area contributed by atoms with Crippen molar-refractivity contribution in [2.45, 2.75) is 45.1 Å². The molecular weight excluding hydrogens is 198 g/mol. The number of aryl methyl sites for hydroxylation is 1. The SMILES string of the molecule is CCCC(CCCc1ccccc1)NC=O. The highest BCUT2D eigenvalue weighted by Gasteiger charge is 2.05. The van der Waals surface area contributed by atoms with Crippen LogP contribution in [0.5, 0.6) is 0 Å². The molecule has 0 heterocycles. The molecule has 0 saturated carbocycles. The average Bonchev–Trinajstić information content (AvgIpc) is 2.31. The quantitative estimate of drug-likeness (QED) is 0.669. The second-order valence-electron chi connectivity index (χ2n) is 4.15. The molecule has 1 amide bonds. The second kappa shape index (κ2) is 7.91. The summed E-state index contributed by atoms with van der Waals surface area (Å²) in [5.41, 5.74) is 1.38. The van der Waals surface area contributed by atoms with Gasteiger partial charge in [-0.1, -0.05) is 43.7 Å². The maximum absolute atomic E-state index is 10.4. The van der Waals surface area contributed by atoms with Gasteiger partial charge in [-0.3, -0.25) is 4.79 Å². The Labute approximate surface area is 98.1 Å². The average molecular weight is 219 g/mol. The van der Waals surface area contributed by atoms with Crippen LogP contribution in [0.1, 0.15) is 38.2 Å². The summed E-state index contributed by atoms with van der Waals surface area (Å²) < 4.78 is 0. The molecule has 2 nitrogen and oxygen atoms in total. The summed E-state index contributed by atoms with van der Waals surface area (Å²) in [7, 11) is 0. The van der Waals surface area contributed by atoms with Crippen molar-refractivity contribution in [3.05, 3.63) is 35.9 Å². The highest BCUT2D eigenvalue weighted by molar-refractivity contribution is 5.46. The van der Waals surface area contributed by atoms with Gasteiger partial charge in [-0.25, -0.2) is 0 Å². The number of rotatable bonds is 8. The highest BCUT2D eigenvalue weighted by atomic mass is 16.1. The van der Waals surface area contributed by atoms with Gasteiger partial charge in [-0.05, 0) is 31.2 Å². The minimum atomic E-state index is 0.353. The molecule has 0 aliphatic carbocycles. The van der Waals surface area contributed by atoms with Crippen molar-refractivity contribution in [3.63, 3.8) is 0 Å². The van der Waals surface area contributed by atoms with Crippen LogP contribution in [0.2, 0.25) is 0 Å². The van der Waals surface area contributed by atoms with Crippen molar-refractivity contribution in [1.82, 2.24) is 5.32 Å². The Morgan fingerprint density at radius 1 is 1.25 bits per heavy atom. The minimum Gasteiger partial charge on any atom is -0.356 e. The molecular formula is C14H21NO. The van der Waals surface area contributed by atoms with E-state index in [1.807, 2.05) is 6.07 Å². The third-order valence-electron chi connectivity index (χ3n) is 2.80. The van der Waals surface area contributed by atoms with Crippen LogP contribution < -0.4 is 5.32 Å². The molecule has 1 rings (SSSR count). The van der Waals surface area contributed by atoms with Gasteiger partial charge in [0.1, 0.15) is 0 Å². The Morgan fingerprint density at radius 2 is 2.00 bits per heavy atom. The van der Waals surface area contributed by atoms with Crippen LogP contribution in [0.25, 0.3) is 0 Å². The highest BCUT2D eigenvalue weighted by Crippen LogP contribution is 2.09. The fourth-order valence-corrected chi connectivity index (χ4v) is 1.95. The molecule has 0 aliphatic rings. The van der Waals surface area contributed by atoms with Gasteiger partial charge >= 0.3 is 0 Å². The van der Waals surface area contributed by atoms with E-state index in [1.54, 1.807) is 0 Å². The molecule has 1 aromatic rings. The molecule has 0 saturated heterocycles. The zero-order valence-electron chi connectivity index (χ0n) is 9.99. The van der Waals surface area contributed by atoms with E-state index in [2.05, 4.69) is 36.5 Å². The first-order valence-electron chi connectivity index (χ1n) is 6.10. The Hall–Kier alpha value is -1.31. The molecule has 0 fully saturated rings. The van der Waals surface area contributed by atoms with Crippen molar-refractivity contribution in [2.75, 3.05) is 0 Å². The molecule has 0 spiro atoms. The standard InChI is InChI=1S/C14H21NO/c1-2-7-14(15-12-16)11-6-10-13-8-4-3-5-9-13/h3-5,8-9,12,14H,2,6-7,10-11H2,1H3,(H,15,16). The van der Waals surface area contributed by atoms with E-state index in [0.717, 1.165) is 38.5 Å². The fourth-order valence-electron chi connectivity index (χ4n) is 1.95.